The molecule has 4 aliphatic rings. The molecule has 0 spiro atoms. The molecule has 0 aromatic heterocycles. The van der Waals surface area contributed by atoms with Gasteiger partial charge in [0.15, 0.2) is 11.5 Å². The van der Waals surface area contributed by atoms with Crippen LogP contribution in [0.5, 0.6) is 0 Å². The van der Waals surface area contributed by atoms with Crippen molar-refractivity contribution in [1.82, 2.24) is 0 Å². The summed E-state index contributed by atoms with van der Waals surface area (Å²) in [4.78, 5) is 24.5. The summed E-state index contributed by atoms with van der Waals surface area (Å²) < 4.78 is 0. The summed E-state index contributed by atoms with van der Waals surface area (Å²) in [6.07, 6.45) is 6.02. The van der Waals surface area contributed by atoms with Crippen LogP contribution in [0.4, 0.5) is 0 Å². The fourth-order valence-electron chi connectivity index (χ4n) is 6.96. The lowest BCUT2D eigenvalue weighted by atomic mass is 9.46. The summed E-state index contributed by atoms with van der Waals surface area (Å²) in [6, 6.07) is 0. The van der Waals surface area contributed by atoms with Gasteiger partial charge in [-0.3, -0.25) is 9.59 Å². The molecule has 3 fully saturated rings. The Bertz CT molecular complexity index is 618. The summed E-state index contributed by atoms with van der Waals surface area (Å²) in [5.41, 5.74) is 0.869. The Hall–Kier alpha value is -1.12. The van der Waals surface area contributed by atoms with Gasteiger partial charge in [-0.2, -0.15) is 0 Å². The van der Waals surface area contributed by atoms with Crippen molar-refractivity contribution in [2.24, 2.45) is 34.5 Å². The zero-order chi connectivity index (χ0) is 16.6. The first-order chi connectivity index (χ1) is 10.8. The SMILES string of the molecule is CC1CC(=O)[C@@]2(C)CC[C@@H]3[C@@H](CCC4=C(O)C(=O)CC[C@@]43C)[C@H]12. The number of allylic oxidation sites excluding steroid dienone is 1. The van der Waals surface area contributed by atoms with Crippen LogP contribution in [0.2, 0.25) is 0 Å². The van der Waals surface area contributed by atoms with E-state index in [1.807, 2.05) is 0 Å². The molecular formula is C20H28O3. The third-order valence-electron chi connectivity index (χ3n) is 8.10. The number of hydrogen-bond donors (Lipinski definition) is 1. The predicted octanol–water partition coefficient (Wildman–Crippen LogP) is 4.22. The lowest BCUT2D eigenvalue weighted by molar-refractivity contribution is -0.133. The number of carbonyl (C=O) groups excluding carboxylic acids is 2. The van der Waals surface area contributed by atoms with Crippen molar-refractivity contribution < 1.29 is 14.7 Å². The van der Waals surface area contributed by atoms with Crippen molar-refractivity contribution in [2.45, 2.75) is 65.7 Å². The number of aliphatic hydroxyl groups excluding tert-OH is 1. The Kier molecular flexibility index (Phi) is 3.15. The van der Waals surface area contributed by atoms with Crippen molar-refractivity contribution in [2.75, 3.05) is 0 Å². The zero-order valence-corrected chi connectivity index (χ0v) is 14.5. The second-order valence-electron chi connectivity index (χ2n) is 9.06. The smallest absolute Gasteiger partial charge is 0.197 e. The van der Waals surface area contributed by atoms with E-state index in [4.69, 9.17) is 0 Å². The van der Waals surface area contributed by atoms with Crippen LogP contribution >= 0.6 is 0 Å². The summed E-state index contributed by atoms with van der Waals surface area (Å²) >= 11 is 0. The summed E-state index contributed by atoms with van der Waals surface area (Å²) in [5, 5.41) is 10.3. The molecular weight excluding hydrogens is 288 g/mol. The first kappa shape index (κ1) is 15.4. The van der Waals surface area contributed by atoms with E-state index in [9.17, 15) is 14.7 Å². The minimum absolute atomic E-state index is 0.0341. The second-order valence-corrected chi connectivity index (χ2v) is 9.06. The van der Waals surface area contributed by atoms with E-state index < -0.39 is 0 Å². The number of carbonyl (C=O) groups is 2. The molecule has 1 unspecified atom stereocenters. The van der Waals surface area contributed by atoms with E-state index in [1.54, 1.807) is 0 Å². The van der Waals surface area contributed by atoms with E-state index >= 15 is 0 Å². The minimum Gasteiger partial charge on any atom is -0.504 e. The molecule has 1 N–H and O–H groups in total. The van der Waals surface area contributed by atoms with E-state index in [0.29, 0.717) is 35.9 Å². The highest BCUT2D eigenvalue weighted by atomic mass is 16.3. The molecule has 6 atom stereocenters. The Morgan fingerprint density at radius 2 is 1.78 bits per heavy atom. The van der Waals surface area contributed by atoms with Crippen LogP contribution in [-0.4, -0.2) is 16.7 Å². The van der Waals surface area contributed by atoms with Gasteiger partial charge in [0.25, 0.3) is 0 Å². The van der Waals surface area contributed by atoms with Gasteiger partial charge in [-0.15, -0.1) is 0 Å². The molecule has 4 aliphatic carbocycles. The Labute approximate surface area is 138 Å². The second kappa shape index (κ2) is 4.70. The third kappa shape index (κ3) is 1.82. The highest BCUT2D eigenvalue weighted by Gasteiger charge is 2.61. The average molecular weight is 316 g/mol. The van der Waals surface area contributed by atoms with Crippen LogP contribution in [0.3, 0.4) is 0 Å². The highest BCUT2D eigenvalue weighted by molar-refractivity contribution is 5.95. The number of hydrogen-bond acceptors (Lipinski definition) is 3. The maximum absolute atomic E-state index is 12.6. The molecule has 3 heteroatoms. The average Bonchev–Trinajstić information content (AvgIpc) is 2.73. The van der Waals surface area contributed by atoms with E-state index in [1.165, 1.54) is 0 Å². The van der Waals surface area contributed by atoms with Crippen LogP contribution in [0.25, 0.3) is 0 Å². The molecule has 23 heavy (non-hydrogen) atoms. The van der Waals surface area contributed by atoms with E-state index in [0.717, 1.165) is 44.1 Å². The van der Waals surface area contributed by atoms with Crippen molar-refractivity contribution in [1.29, 1.82) is 0 Å². The van der Waals surface area contributed by atoms with Crippen LogP contribution in [0.15, 0.2) is 11.3 Å². The lowest BCUT2D eigenvalue weighted by Gasteiger charge is -2.57. The van der Waals surface area contributed by atoms with Crippen LogP contribution < -0.4 is 0 Å². The molecule has 0 aromatic rings. The van der Waals surface area contributed by atoms with Gasteiger partial charge in [-0.25, -0.2) is 0 Å². The van der Waals surface area contributed by atoms with Gasteiger partial charge in [0.2, 0.25) is 0 Å². The van der Waals surface area contributed by atoms with Crippen LogP contribution in [0, 0.1) is 34.5 Å². The van der Waals surface area contributed by atoms with Crippen LogP contribution in [0.1, 0.15) is 65.7 Å². The normalized spacial score (nSPS) is 49.7. The van der Waals surface area contributed by atoms with Gasteiger partial charge in [0, 0.05) is 18.3 Å². The Morgan fingerprint density at radius 1 is 1.04 bits per heavy atom. The fourth-order valence-corrected chi connectivity index (χ4v) is 6.96. The van der Waals surface area contributed by atoms with Gasteiger partial charge in [-0.05, 0) is 66.8 Å². The molecule has 126 valence electrons. The highest BCUT2D eigenvalue weighted by Crippen LogP contribution is 2.65. The topological polar surface area (TPSA) is 54.4 Å². The zero-order valence-electron chi connectivity index (χ0n) is 14.5. The fraction of sp³-hybridized carbons (Fsp3) is 0.800. The predicted molar refractivity (Wildman–Crippen MR) is 87.8 cm³/mol. The van der Waals surface area contributed by atoms with Gasteiger partial charge < -0.3 is 5.11 Å². The van der Waals surface area contributed by atoms with Crippen molar-refractivity contribution >= 4 is 11.6 Å². The Morgan fingerprint density at radius 3 is 2.52 bits per heavy atom. The quantitative estimate of drug-likeness (QED) is 0.728. The lowest BCUT2D eigenvalue weighted by Crippen LogP contribution is -2.52. The van der Waals surface area contributed by atoms with Crippen LogP contribution in [-0.2, 0) is 9.59 Å². The number of aliphatic hydroxyl groups is 1. The number of ketones is 2. The molecule has 0 heterocycles. The van der Waals surface area contributed by atoms with Crippen molar-refractivity contribution in [3.63, 3.8) is 0 Å². The molecule has 0 aliphatic heterocycles. The van der Waals surface area contributed by atoms with Gasteiger partial charge >= 0.3 is 0 Å². The number of fused-ring (bicyclic) bond motifs is 5. The maximum Gasteiger partial charge on any atom is 0.197 e. The molecule has 0 bridgehead atoms. The van der Waals surface area contributed by atoms with Crippen molar-refractivity contribution in [3.8, 4) is 0 Å². The molecule has 3 saturated carbocycles. The first-order valence-corrected chi connectivity index (χ1v) is 9.28. The van der Waals surface area contributed by atoms with E-state index in [2.05, 4.69) is 20.8 Å². The number of Topliss-reactive ketones (excluding diaryl/α,β-unsaturated/α-hetero) is 2. The standard InChI is InChI=1S/C20H28O3/c1-11-10-16(22)20(3)8-6-13-12(17(11)20)4-5-14-18(23)15(21)7-9-19(13,14)2/h11-13,17,23H,4-10H2,1-3H3/t11?,12-,13-,17+,19-,20-/m1/s1. The molecule has 3 nitrogen and oxygen atoms in total. The summed E-state index contributed by atoms with van der Waals surface area (Å²) in [5.74, 6) is 2.54. The monoisotopic (exact) mass is 316 g/mol. The summed E-state index contributed by atoms with van der Waals surface area (Å²) in [7, 11) is 0. The van der Waals surface area contributed by atoms with Gasteiger partial charge in [0.1, 0.15) is 5.78 Å². The minimum atomic E-state index is -0.120. The third-order valence-corrected chi connectivity index (χ3v) is 8.10. The van der Waals surface area contributed by atoms with Crippen molar-refractivity contribution in [3.05, 3.63) is 11.3 Å². The molecule has 0 amide bonds. The largest absolute Gasteiger partial charge is 0.504 e. The molecule has 0 aromatic carbocycles. The summed E-state index contributed by atoms with van der Waals surface area (Å²) in [6.45, 7) is 6.73. The maximum atomic E-state index is 12.6. The number of rotatable bonds is 0. The van der Waals surface area contributed by atoms with Gasteiger partial charge in [-0.1, -0.05) is 20.8 Å². The molecule has 0 radical (unpaired) electrons. The van der Waals surface area contributed by atoms with Gasteiger partial charge in [0.05, 0.1) is 0 Å². The molecule has 4 rings (SSSR count). The first-order valence-electron chi connectivity index (χ1n) is 9.28. The Balaban J connectivity index is 1.75. The van der Waals surface area contributed by atoms with E-state index in [-0.39, 0.29) is 22.4 Å². The molecule has 0 saturated heterocycles.